The zero-order valence-electron chi connectivity index (χ0n) is 10.6. The highest BCUT2D eigenvalue weighted by molar-refractivity contribution is 5.27. The molecule has 0 bridgehead atoms. The number of nitrogens with zero attached hydrogens (tertiary/aromatic N) is 2. The van der Waals surface area contributed by atoms with Gasteiger partial charge in [0.1, 0.15) is 11.4 Å². The third-order valence-electron chi connectivity index (χ3n) is 2.37. The molecule has 2 heterocycles. The van der Waals surface area contributed by atoms with Crippen LogP contribution in [0, 0.1) is 23.7 Å². The maximum atomic E-state index is 4.14. The van der Waals surface area contributed by atoms with E-state index in [2.05, 4.69) is 33.6 Å². The standard InChI is InChI=1S/C17H14N2/c1(2-4-10-16-12-6-8-14-18-16)3-5-11-17-13-7-9-15-19-17/h6-9,12-15H,1-3H2. The SMILES string of the molecule is C(#Cc1ccccn1)CCCC#Cc1ccccn1. The van der Waals surface area contributed by atoms with Crippen LogP contribution in [0.1, 0.15) is 30.7 Å². The van der Waals surface area contributed by atoms with Gasteiger partial charge in [-0.25, -0.2) is 9.97 Å². The first-order chi connectivity index (χ1) is 9.45. The lowest BCUT2D eigenvalue weighted by Crippen LogP contribution is -1.79. The fraction of sp³-hybridized carbons (Fsp3) is 0.176. The molecule has 0 aliphatic heterocycles. The summed E-state index contributed by atoms with van der Waals surface area (Å²) in [6, 6.07) is 11.5. The predicted molar refractivity (Wildman–Crippen MR) is 76.1 cm³/mol. The Morgan fingerprint density at radius 1 is 0.737 bits per heavy atom. The molecule has 0 amide bonds. The minimum Gasteiger partial charge on any atom is -0.248 e. The summed E-state index contributed by atoms with van der Waals surface area (Å²) >= 11 is 0. The molecule has 2 nitrogen and oxygen atoms in total. The second kappa shape index (κ2) is 7.69. The smallest absolute Gasteiger partial charge is 0.113 e. The lowest BCUT2D eigenvalue weighted by atomic mass is 10.2. The molecule has 0 saturated carbocycles. The molecule has 2 aromatic heterocycles. The summed E-state index contributed by atoms with van der Waals surface area (Å²) in [6.45, 7) is 0. The van der Waals surface area contributed by atoms with E-state index in [0.29, 0.717) is 0 Å². The van der Waals surface area contributed by atoms with Crippen molar-refractivity contribution < 1.29 is 0 Å². The highest BCUT2D eigenvalue weighted by atomic mass is 14.6. The topological polar surface area (TPSA) is 25.8 Å². The van der Waals surface area contributed by atoms with E-state index in [1.165, 1.54) is 0 Å². The first-order valence-corrected chi connectivity index (χ1v) is 6.25. The summed E-state index contributed by atoms with van der Waals surface area (Å²) in [6.07, 6.45) is 6.16. The van der Waals surface area contributed by atoms with E-state index >= 15 is 0 Å². The Kier molecular flexibility index (Phi) is 5.21. The Bertz CT molecular complexity index is 553. The van der Waals surface area contributed by atoms with E-state index in [4.69, 9.17) is 0 Å². The Morgan fingerprint density at radius 3 is 1.68 bits per heavy atom. The van der Waals surface area contributed by atoms with E-state index in [-0.39, 0.29) is 0 Å². The average molecular weight is 246 g/mol. The van der Waals surface area contributed by atoms with Gasteiger partial charge in [0.05, 0.1) is 0 Å². The van der Waals surface area contributed by atoms with Crippen LogP contribution < -0.4 is 0 Å². The molecule has 0 radical (unpaired) electrons. The van der Waals surface area contributed by atoms with Crippen molar-refractivity contribution in [1.82, 2.24) is 9.97 Å². The summed E-state index contributed by atoms with van der Waals surface area (Å²) in [4.78, 5) is 8.29. The lowest BCUT2D eigenvalue weighted by Gasteiger charge is -1.88. The van der Waals surface area contributed by atoms with Gasteiger partial charge in [0.25, 0.3) is 0 Å². The summed E-state index contributed by atoms with van der Waals surface area (Å²) in [7, 11) is 0. The first kappa shape index (κ1) is 12.9. The average Bonchev–Trinajstić information content (AvgIpc) is 2.48. The number of pyridine rings is 2. The van der Waals surface area contributed by atoms with Crippen molar-refractivity contribution in [2.24, 2.45) is 0 Å². The van der Waals surface area contributed by atoms with Gasteiger partial charge in [0, 0.05) is 25.2 Å². The summed E-state index contributed by atoms with van der Waals surface area (Å²) in [5, 5.41) is 0. The van der Waals surface area contributed by atoms with Crippen molar-refractivity contribution in [2.75, 3.05) is 0 Å². The van der Waals surface area contributed by atoms with Gasteiger partial charge in [-0.15, -0.1) is 0 Å². The molecular weight excluding hydrogens is 232 g/mol. The number of unbranched alkanes of at least 4 members (excludes halogenated alkanes) is 2. The molecule has 2 heteroatoms. The number of aromatic nitrogens is 2. The molecule has 92 valence electrons. The molecule has 0 atom stereocenters. The van der Waals surface area contributed by atoms with Crippen molar-refractivity contribution in [3.8, 4) is 23.7 Å². The third-order valence-corrected chi connectivity index (χ3v) is 2.37. The van der Waals surface area contributed by atoms with Gasteiger partial charge in [-0.2, -0.15) is 0 Å². The van der Waals surface area contributed by atoms with Gasteiger partial charge in [-0.1, -0.05) is 24.0 Å². The molecule has 0 saturated heterocycles. The molecule has 0 aliphatic carbocycles. The summed E-state index contributed by atoms with van der Waals surface area (Å²) < 4.78 is 0. The fourth-order valence-corrected chi connectivity index (χ4v) is 1.44. The zero-order chi connectivity index (χ0) is 13.2. The molecule has 2 aromatic rings. The Labute approximate surface area is 113 Å². The Hall–Kier alpha value is -2.58. The van der Waals surface area contributed by atoms with Crippen molar-refractivity contribution in [2.45, 2.75) is 19.3 Å². The largest absolute Gasteiger partial charge is 0.248 e. The fourth-order valence-electron chi connectivity index (χ4n) is 1.44. The number of hydrogen-bond acceptors (Lipinski definition) is 2. The van der Waals surface area contributed by atoms with Crippen molar-refractivity contribution in [1.29, 1.82) is 0 Å². The van der Waals surface area contributed by atoms with Gasteiger partial charge in [0.2, 0.25) is 0 Å². The van der Waals surface area contributed by atoms with Gasteiger partial charge in [0.15, 0.2) is 0 Å². The van der Waals surface area contributed by atoms with Gasteiger partial charge < -0.3 is 0 Å². The van der Waals surface area contributed by atoms with Crippen LogP contribution in [-0.2, 0) is 0 Å². The number of rotatable bonds is 2. The molecule has 0 fully saturated rings. The Balaban J connectivity index is 1.71. The molecule has 0 N–H and O–H groups in total. The van der Waals surface area contributed by atoms with Gasteiger partial charge in [-0.05, 0) is 42.5 Å². The van der Waals surface area contributed by atoms with Crippen LogP contribution in [0.4, 0.5) is 0 Å². The molecule has 2 rings (SSSR count). The minimum atomic E-state index is 0.821. The van der Waals surface area contributed by atoms with Crippen LogP contribution in [0.5, 0.6) is 0 Å². The van der Waals surface area contributed by atoms with E-state index in [1.54, 1.807) is 12.4 Å². The quantitative estimate of drug-likeness (QED) is 0.601. The van der Waals surface area contributed by atoms with Crippen molar-refractivity contribution in [3.05, 3.63) is 60.2 Å². The van der Waals surface area contributed by atoms with E-state index in [1.807, 2.05) is 36.4 Å². The molecule has 0 unspecified atom stereocenters. The van der Waals surface area contributed by atoms with Crippen LogP contribution in [-0.4, -0.2) is 9.97 Å². The summed E-state index contributed by atoms with van der Waals surface area (Å²) in [5.41, 5.74) is 1.64. The van der Waals surface area contributed by atoms with Crippen LogP contribution in [0.15, 0.2) is 48.8 Å². The van der Waals surface area contributed by atoms with Crippen molar-refractivity contribution >= 4 is 0 Å². The molecule has 0 aromatic carbocycles. The highest BCUT2D eigenvalue weighted by Crippen LogP contribution is 1.95. The van der Waals surface area contributed by atoms with E-state index < -0.39 is 0 Å². The number of hydrogen-bond donors (Lipinski definition) is 0. The molecular formula is C17H14N2. The second-order valence-corrected chi connectivity index (χ2v) is 3.89. The molecule has 0 aliphatic rings. The maximum Gasteiger partial charge on any atom is 0.113 e. The van der Waals surface area contributed by atoms with Gasteiger partial charge in [-0.3, -0.25) is 0 Å². The zero-order valence-corrected chi connectivity index (χ0v) is 10.6. The highest BCUT2D eigenvalue weighted by Gasteiger charge is 1.85. The molecule has 0 spiro atoms. The van der Waals surface area contributed by atoms with Crippen molar-refractivity contribution in [3.63, 3.8) is 0 Å². The normalized spacial score (nSPS) is 8.84. The monoisotopic (exact) mass is 246 g/mol. The van der Waals surface area contributed by atoms with Crippen LogP contribution >= 0.6 is 0 Å². The van der Waals surface area contributed by atoms with E-state index in [0.717, 1.165) is 30.7 Å². The second-order valence-electron chi connectivity index (χ2n) is 3.89. The van der Waals surface area contributed by atoms with Crippen LogP contribution in [0.3, 0.4) is 0 Å². The maximum absolute atomic E-state index is 4.14. The predicted octanol–water partition coefficient (Wildman–Crippen LogP) is 3.05. The van der Waals surface area contributed by atoms with Crippen LogP contribution in [0.2, 0.25) is 0 Å². The van der Waals surface area contributed by atoms with Crippen LogP contribution in [0.25, 0.3) is 0 Å². The van der Waals surface area contributed by atoms with Gasteiger partial charge >= 0.3 is 0 Å². The third kappa shape index (κ3) is 5.06. The Morgan fingerprint density at radius 2 is 1.26 bits per heavy atom. The first-order valence-electron chi connectivity index (χ1n) is 6.25. The molecule has 19 heavy (non-hydrogen) atoms. The lowest BCUT2D eigenvalue weighted by molar-refractivity contribution is 0.903. The summed E-state index contributed by atoms with van der Waals surface area (Å²) in [5.74, 6) is 12.3. The van der Waals surface area contributed by atoms with E-state index in [9.17, 15) is 0 Å². The minimum absolute atomic E-state index is 0.821.